The molecule has 2 rings (SSSR count). The van der Waals surface area contributed by atoms with E-state index in [1.54, 1.807) is 60.7 Å². The Bertz CT molecular complexity index is 998. The largest absolute Gasteiger partial charge is 0.445 e. The molecule has 198 valence electrons. The van der Waals surface area contributed by atoms with Crippen LogP contribution in [-0.4, -0.2) is 49.6 Å². The number of hydrogen-bond donors (Lipinski definition) is 2. The van der Waals surface area contributed by atoms with Crippen molar-refractivity contribution in [3.05, 3.63) is 71.8 Å². The van der Waals surface area contributed by atoms with Crippen molar-refractivity contribution >= 4 is 19.6 Å². The molecule has 2 N–H and O–H groups in total. The van der Waals surface area contributed by atoms with Crippen molar-refractivity contribution in [2.45, 2.75) is 45.1 Å². The first-order chi connectivity index (χ1) is 17.1. The Morgan fingerprint density at radius 2 is 1.42 bits per heavy atom. The number of alkyl carbamates (subject to hydrolysis) is 1. The maximum Gasteiger partial charge on any atom is 0.409 e. The Labute approximate surface area is 208 Å². The predicted octanol–water partition coefficient (Wildman–Crippen LogP) is 4.84. The number of amides is 2. The highest BCUT2D eigenvalue weighted by Gasteiger charge is 2.46. The topological polar surface area (TPSA) is 103 Å². The molecule has 0 saturated carbocycles. The number of alkyl halides is 3. The highest BCUT2D eigenvalue weighted by Crippen LogP contribution is 2.50. The Kier molecular flexibility index (Phi) is 11.4. The van der Waals surface area contributed by atoms with Crippen LogP contribution in [0.1, 0.15) is 25.0 Å². The standard InChI is InChI=1S/C24H30F3N2O6P/c1-3-34-36(32,35-4-2)17-21(24(25,26)27)29-22(30)20(15-18-11-7-5-8-12-18)28-23(31)33-16-19-13-9-6-10-14-19/h5-14,20-21H,3-4,15-17H2,1-2H3,(H,28,31)(H,29,30)/t20-,21-/m0/s1. The van der Waals surface area contributed by atoms with Crippen LogP contribution in [0.2, 0.25) is 0 Å². The van der Waals surface area contributed by atoms with Gasteiger partial charge in [-0.25, -0.2) is 4.79 Å². The summed E-state index contributed by atoms with van der Waals surface area (Å²) in [4.78, 5) is 25.3. The van der Waals surface area contributed by atoms with Crippen molar-refractivity contribution in [3.8, 4) is 0 Å². The van der Waals surface area contributed by atoms with Gasteiger partial charge in [0.15, 0.2) is 0 Å². The van der Waals surface area contributed by atoms with Crippen LogP contribution in [0.15, 0.2) is 60.7 Å². The molecule has 0 saturated heterocycles. The summed E-state index contributed by atoms with van der Waals surface area (Å²) >= 11 is 0. The summed E-state index contributed by atoms with van der Waals surface area (Å²) in [5.74, 6) is -1.13. The van der Waals surface area contributed by atoms with Gasteiger partial charge in [-0.15, -0.1) is 0 Å². The zero-order chi connectivity index (χ0) is 26.6. The fourth-order valence-corrected chi connectivity index (χ4v) is 5.05. The van der Waals surface area contributed by atoms with Crippen LogP contribution < -0.4 is 10.6 Å². The molecule has 2 aromatic carbocycles. The zero-order valence-electron chi connectivity index (χ0n) is 20.0. The molecular weight excluding hydrogens is 500 g/mol. The lowest BCUT2D eigenvalue weighted by molar-refractivity contribution is -0.158. The molecule has 12 heteroatoms. The molecule has 0 radical (unpaired) electrons. The summed E-state index contributed by atoms with van der Waals surface area (Å²) < 4.78 is 69.2. The second-order valence-electron chi connectivity index (χ2n) is 7.68. The van der Waals surface area contributed by atoms with Gasteiger partial charge in [-0.2, -0.15) is 13.2 Å². The number of nitrogens with one attached hydrogen (secondary N) is 2. The SMILES string of the molecule is CCOP(=O)(C[C@H](NC(=O)[C@H](Cc1ccccc1)NC(=O)OCc1ccccc1)C(F)(F)F)OCC. The molecule has 2 amide bonds. The second-order valence-corrected chi connectivity index (χ2v) is 9.78. The van der Waals surface area contributed by atoms with E-state index in [-0.39, 0.29) is 26.2 Å². The number of rotatable bonds is 13. The normalized spacial score (nSPS) is 13.5. The van der Waals surface area contributed by atoms with E-state index in [0.717, 1.165) is 0 Å². The van der Waals surface area contributed by atoms with Gasteiger partial charge in [-0.1, -0.05) is 60.7 Å². The number of carbonyl (C=O) groups is 2. The van der Waals surface area contributed by atoms with Crippen molar-refractivity contribution < 1.29 is 41.1 Å². The first-order valence-electron chi connectivity index (χ1n) is 11.3. The first kappa shape index (κ1) is 29.4. The third kappa shape index (κ3) is 10.0. The van der Waals surface area contributed by atoms with E-state index in [4.69, 9.17) is 13.8 Å². The van der Waals surface area contributed by atoms with Crippen LogP contribution in [-0.2, 0) is 36.2 Å². The number of carbonyl (C=O) groups excluding carboxylic acids is 2. The third-order valence-corrected chi connectivity index (χ3v) is 6.99. The first-order valence-corrected chi connectivity index (χ1v) is 13.1. The highest BCUT2D eigenvalue weighted by molar-refractivity contribution is 7.53. The monoisotopic (exact) mass is 530 g/mol. The molecule has 0 aliphatic carbocycles. The van der Waals surface area contributed by atoms with Gasteiger partial charge < -0.3 is 24.4 Å². The van der Waals surface area contributed by atoms with Crippen molar-refractivity contribution in [2.75, 3.05) is 19.4 Å². The second kappa shape index (κ2) is 14.0. The van der Waals surface area contributed by atoms with Crippen LogP contribution in [0, 0.1) is 0 Å². The Morgan fingerprint density at radius 1 is 0.889 bits per heavy atom. The van der Waals surface area contributed by atoms with E-state index in [2.05, 4.69) is 5.32 Å². The molecule has 2 aromatic rings. The Hall–Kier alpha value is -2.88. The molecule has 0 aliphatic heterocycles. The van der Waals surface area contributed by atoms with Crippen LogP contribution in [0.25, 0.3) is 0 Å². The van der Waals surface area contributed by atoms with Crippen LogP contribution >= 0.6 is 7.60 Å². The summed E-state index contributed by atoms with van der Waals surface area (Å²) in [7, 11) is -4.14. The quantitative estimate of drug-likeness (QED) is 0.360. The molecule has 36 heavy (non-hydrogen) atoms. The average Bonchev–Trinajstić information content (AvgIpc) is 2.83. The summed E-state index contributed by atoms with van der Waals surface area (Å²) in [6, 6.07) is 13.3. The van der Waals surface area contributed by atoms with E-state index in [9.17, 15) is 27.3 Å². The zero-order valence-corrected chi connectivity index (χ0v) is 20.9. The van der Waals surface area contributed by atoms with Crippen molar-refractivity contribution in [1.29, 1.82) is 0 Å². The molecule has 0 unspecified atom stereocenters. The van der Waals surface area contributed by atoms with Gasteiger partial charge in [-0.3, -0.25) is 9.36 Å². The molecule has 8 nitrogen and oxygen atoms in total. The molecule has 0 heterocycles. The van der Waals surface area contributed by atoms with Gasteiger partial charge in [-0.05, 0) is 25.0 Å². The highest BCUT2D eigenvalue weighted by atomic mass is 31.2. The van der Waals surface area contributed by atoms with Crippen molar-refractivity contribution in [3.63, 3.8) is 0 Å². The molecule has 0 bridgehead atoms. The minimum atomic E-state index is -4.95. The summed E-state index contributed by atoms with van der Waals surface area (Å²) in [5, 5.41) is 4.20. The van der Waals surface area contributed by atoms with Crippen molar-refractivity contribution in [1.82, 2.24) is 10.6 Å². The van der Waals surface area contributed by atoms with Gasteiger partial charge in [0.05, 0.1) is 19.4 Å². The van der Waals surface area contributed by atoms with Crippen LogP contribution in [0.3, 0.4) is 0 Å². The maximum atomic E-state index is 13.8. The predicted molar refractivity (Wildman–Crippen MR) is 127 cm³/mol. The molecule has 0 aromatic heterocycles. The Morgan fingerprint density at radius 3 is 1.92 bits per heavy atom. The average molecular weight is 530 g/mol. The van der Waals surface area contributed by atoms with Gasteiger partial charge in [0.1, 0.15) is 18.7 Å². The van der Waals surface area contributed by atoms with Crippen LogP contribution in [0.4, 0.5) is 18.0 Å². The molecule has 0 aliphatic rings. The lowest BCUT2D eigenvalue weighted by atomic mass is 10.1. The fourth-order valence-electron chi connectivity index (χ4n) is 3.23. The summed E-state index contributed by atoms with van der Waals surface area (Å²) in [5.41, 5.74) is 1.29. The minimum absolute atomic E-state index is 0.0938. The molecule has 0 fully saturated rings. The van der Waals surface area contributed by atoms with E-state index in [0.29, 0.717) is 11.1 Å². The Balaban J connectivity index is 2.18. The molecule has 2 atom stereocenters. The lowest BCUT2D eigenvalue weighted by Gasteiger charge is -2.27. The van der Waals surface area contributed by atoms with E-state index >= 15 is 0 Å². The smallest absolute Gasteiger partial charge is 0.409 e. The van der Waals surface area contributed by atoms with Gasteiger partial charge in [0, 0.05) is 6.42 Å². The molecular formula is C24H30F3N2O6P. The van der Waals surface area contributed by atoms with E-state index in [1.165, 1.54) is 13.8 Å². The number of benzene rings is 2. The summed E-state index contributed by atoms with van der Waals surface area (Å²) in [6.07, 6.45) is -7.15. The lowest BCUT2D eigenvalue weighted by Crippen LogP contribution is -2.55. The van der Waals surface area contributed by atoms with Crippen LogP contribution in [0.5, 0.6) is 0 Å². The molecule has 0 spiro atoms. The number of hydrogen-bond acceptors (Lipinski definition) is 6. The van der Waals surface area contributed by atoms with E-state index in [1.807, 2.05) is 5.32 Å². The number of ether oxygens (including phenoxy) is 1. The third-order valence-electron chi connectivity index (χ3n) is 4.87. The van der Waals surface area contributed by atoms with Gasteiger partial charge >= 0.3 is 19.9 Å². The maximum absolute atomic E-state index is 13.8. The van der Waals surface area contributed by atoms with E-state index < -0.39 is 44.0 Å². The minimum Gasteiger partial charge on any atom is -0.445 e. The fraction of sp³-hybridized carbons (Fsp3) is 0.417. The van der Waals surface area contributed by atoms with Crippen molar-refractivity contribution in [2.24, 2.45) is 0 Å². The van der Waals surface area contributed by atoms with Gasteiger partial charge in [0.25, 0.3) is 0 Å². The number of halogens is 3. The van der Waals surface area contributed by atoms with Gasteiger partial charge in [0.2, 0.25) is 5.91 Å². The summed E-state index contributed by atoms with van der Waals surface area (Å²) in [6.45, 7) is 2.56.